The van der Waals surface area contributed by atoms with Crippen molar-refractivity contribution in [3.63, 3.8) is 0 Å². The SMILES string of the molecule is C1CCOC1.C1CCOC1.O=C(/C=C(\[O-])C(F)(F)F)C(F)(F)F.O=C(/C=C(\[O-])C(F)(F)F)C(F)(F)F.O=C(/C=C(\[O-])C(F)(F)F)C(F)(F)F.O=C(/C=C(\[O-])C(F)(F)F)C(F)(F)F.[Ag+].[Ag+].[Ag+].[Ag+]. The Morgan fingerprint density at radius 3 is 0.470 bits per heavy atom. The molecule has 0 amide bonds. The molecular weight excluding hydrogens is 1380 g/mol. The van der Waals surface area contributed by atoms with E-state index in [1.165, 1.54) is 25.7 Å². The van der Waals surface area contributed by atoms with Crippen LogP contribution in [0.25, 0.3) is 0 Å². The Balaban J connectivity index is -0.000000103. The van der Waals surface area contributed by atoms with Gasteiger partial charge in [0.25, 0.3) is 23.1 Å². The molecule has 0 spiro atoms. The van der Waals surface area contributed by atoms with Gasteiger partial charge in [0, 0.05) is 26.4 Å². The van der Waals surface area contributed by atoms with Gasteiger partial charge in [0.15, 0.2) is 0 Å². The van der Waals surface area contributed by atoms with Gasteiger partial charge in [-0.2, -0.15) is 105 Å². The van der Waals surface area contributed by atoms with Crippen molar-refractivity contribution in [2.75, 3.05) is 26.4 Å². The van der Waals surface area contributed by atoms with Crippen LogP contribution >= 0.6 is 0 Å². The molecule has 0 aromatic carbocycles. The van der Waals surface area contributed by atoms with E-state index in [4.69, 9.17) is 9.47 Å². The Hall–Kier alpha value is -1.96. The van der Waals surface area contributed by atoms with Crippen LogP contribution in [0.15, 0.2) is 47.3 Å². The summed E-state index contributed by atoms with van der Waals surface area (Å²) in [5.41, 5.74) is 0. The summed E-state index contributed by atoms with van der Waals surface area (Å²) >= 11 is 0. The van der Waals surface area contributed by atoms with E-state index >= 15 is 0 Å². The number of hydrogen-bond acceptors (Lipinski definition) is 10. The summed E-state index contributed by atoms with van der Waals surface area (Å²) in [5, 5.41) is 39.3. The van der Waals surface area contributed by atoms with Crippen LogP contribution in [-0.2, 0) is 118 Å². The van der Waals surface area contributed by atoms with Crippen molar-refractivity contribution in [3.8, 4) is 0 Å². The maximum Gasteiger partial charge on any atom is 1.00 e. The molecule has 2 heterocycles. The number of carbonyl (C=O) groups is 4. The summed E-state index contributed by atoms with van der Waals surface area (Å²) < 4.78 is 281. The van der Waals surface area contributed by atoms with E-state index in [9.17, 15) is 145 Å². The second kappa shape index (κ2) is 34.4. The third-order valence-corrected chi connectivity index (χ3v) is 4.94. The number of alkyl halides is 24. The van der Waals surface area contributed by atoms with Crippen molar-refractivity contribution in [1.82, 2.24) is 0 Å². The average molecular weight is 1400 g/mol. The fourth-order valence-corrected chi connectivity index (χ4v) is 2.15. The van der Waals surface area contributed by atoms with Gasteiger partial charge in [-0.3, -0.25) is 19.2 Å². The predicted molar refractivity (Wildman–Crippen MR) is 141 cm³/mol. The summed E-state index contributed by atoms with van der Waals surface area (Å²) in [5.74, 6) is -22.6. The van der Waals surface area contributed by atoms with Crippen molar-refractivity contribution in [1.29, 1.82) is 0 Å². The molecule has 0 aromatic heterocycles. The zero-order valence-corrected chi connectivity index (χ0v) is 36.3. The molecule has 0 radical (unpaired) electrons. The third-order valence-electron chi connectivity index (χ3n) is 4.94. The van der Waals surface area contributed by atoms with Crippen LogP contribution in [0.4, 0.5) is 105 Å². The molecule has 0 bridgehead atoms. The number of hydrogen-bond donors (Lipinski definition) is 0. The van der Waals surface area contributed by atoms with Crippen molar-refractivity contribution >= 4 is 23.1 Å². The van der Waals surface area contributed by atoms with E-state index < -0.39 is 120 Å². The molecule has 0 saturated carbocycles. The summed E-state index contributed by atoms with van der Waals surface area (Å²) in [4.78, 5) is 39.3. The monoisotopic (exact) mass is 1400 g/mol. The Morgan fingerprint density at radius 2 is 0.409 bits per heavy atom. The van der Waals surface area contributed by atoms with E-state index in [0.29, 0.717) is 0 Å². The second-order valence-electron chi connectivity index (χ2n) is 10.1. The first kappa shape index (κ1) is 81.0. The van der Waals surface area contributed by atoms with Gasteiger partial charge >= 0.3 is 139 Å². The molecule has 0 aromatic rings. The van der Waals surface area contributed by atoms with Crippen LogP contribution in [0.1, 0.15) is 25.7 Å². The van der Waals surface area contributed by atoms with Gasteiger partial charge in [-0.15, -0.1) is 0 Å². The van der Waals surface area contributed by atoms with E-state index in [1.54, 1.807) is 0 Å². The van der Waals surface area contributed by atoms with E-state index in [-0.39, 0.29) is 89.5 Å². The summed E-state index contributed by atoms with van der Waals surface area (Å²) in [7, 11) is 0. The first-order valence-corrected chi connectivity index (χ1v) is 14.6. The van der Waals surface area contributed by atoms with Crippen LogP contribution < -0.4 is 20.4 Å². The van der Waals surface area contributed by atoms with Gasteiger partial charge in [0.05, 0.1) is 0 Å². The zero-order chi connectivity index (χ0) is 50.5. The van der Waals surface area contributed by atoms with Crippen molar-refractivity contribution < 1.29 is 244 Å². The van der Waals surface area contributed by atoms with Crippen LogP contribution in [0, 0.1) is 0 Å². The first-order valence-electron chi connectivity index (χ1n) is 14.6. The maximum absolute atomic E-state index is 11.3. The third kappa shape index (κ3) is 44.5. The smallest absolute Gasteiger partial charge is 0.869 e. The van der Waals surface area contributed by atoms with Crippen molar-refractivity contribution in [2.45, 2.75) is 75.1 Å². The summed E-state index contributed by atoms with van der Waals surface area (Å²) in [6, 6.07) is 0. The number of ether oxygens (including phenoxy) is 2. The number of halogens is 24. The van der Waals surface area contributed by atoms with Crippen LogP contribution in [-0.4, -0.2) is 99.0 Å². The molecule has 2 fully saturated rings. The maximum atomic E-state index is 11.3. The Labute approximate surface area is 413 Å². The fourth-order valence-electron chi connectivity index (χ4n) is 2.15. The zero-order valence-electron chi connectivity index (χ0n) is 30.3. The number of rotatable bonds is 4. The van der Waals surface area contributed by atoms with Crippen LogP contribution in [0.2, 0.25) is 0 Å². The molecule has 2 saturated heterocycles. The molecule has 2 aliphatic rings. The van der Waals surface area contributed by atoms with E-state index in [0.717, 1.165) is 26.4 Å². The van der Waals surface area contributed by atoms with Gasteiger partial charge in [0.1, 0.15) is 0 Å². The standard InChI is InChI=1S/4C5H2F6O2.2C4H8O.4Ag/c4*6-4(7,8)2(12)1-3(13)5(9,10)11;2*1-2-4-5-3-1;;;;/h4*1,12H;2*1-4H2;;;;/q;;;;;;4*+1/p-4/b4*2-1-;;;;;;. The fraction of sp³-hybridized carbons (Fsp3) is 0.571. The molecular formula is C28H20Ag4F24O10. The summed E-state index contributed by atoms with van der Waals surface area (Å²) in [6.45, 7) is 4.00. The molecule has 10 nitrogen and oxygen atoms in total. The molecule has 0 unspecified atom stereocenters. The molecule has 0 aliphatic carbocycles. The molecule has 2 rings (SSSR count). The Kier molecular flexibility index (Phi) is 42.2. The van der Waals surface area contributed by atoms with Gasteiger partial charge in [-0.25, -0.2) is 0 Å². The molecule has 66 heavy (non-hydrogen) atoms. The average Bonchev–Trinajstić information content (AvgIpc) is 3.82. The largest absolute Gasteiger partial charge is 1.00 e. The van der Waals surface area contributed by atoms with Crippen molar-refractivity contribution in [3.05, 3.63) is 47.3 Å². The quantitative estimate of drug-likeness (QED) is 0.156. The number of allylic oxidation sites excluding steroid dienone is 8. The minimum atomic E-state index is -5.46. The van der Waals surface area contributed by atoms with E-state index in [2.05, 4.69) is 0 Å². The van der Waals surface area contributed by atoms with E-state index in [1.807, 2.05) is 0 Å². The minimum absolute atomic E-state index is 0. The van der Waals surface area contributed by atoms with Gasteiger partial charge in [-0.1, -0.05) is 0 Å². The Bertz CT molecular complexity index is 1310. The van der Waals surface area contributed by atoms with Gasteiger partial charge in [-0.05, 0) is 73.0 Å². The first-order chi connectivity index (χ1) is 27.2. The molecule has 404 valence electrons. The molecule has 0 N–H and O–H groups in total. The molecule has 0 atom stereocenters. The van der Waals surface area contributed by atoms with Crippen LogP contribution in [0.3, 0.4) is 0 Å². The second-order valence-corrected chi connectivity index (χ2v) is 10.1. The Morgan fingerprint density at radius 1 is 0.288 bits per heavy atom. The summed E-state index contributed by atoms with van der Waals surface area (Å²) in [6.07, 6.45) is -42.7. The normalized spacial score (nSPS) is 15.0. The molecule has 38 heteroatoms. The molecule has 2 aliphatic heterocycles. The van der Waals surface area contributed by atoms with Crippen molar-refractivity contribution in [2.24, 2.45) is 0 Å². The van der Waals surface area contributed by atoms with Gasteiger partial charge in [0.2, 0.25) is 0 Å². The number of ketones is 4. The van der Waals surface area contributed by atoms with Gasteiger partial charge < -0.3 is 29.9 Å². The predicted octanol–water partition coefficient (Wildman–Crippen LogP) is 5.28. The topological polar surface area (TPSA) is 179 Å². The van der Waals surface area contributed by atoms with Crippen LogP contribution in [0.5, 0.6) is 0 Å². The minimum Gasteiger partial charge on any atom is -0.869 e. The number of carbonyl (C=O) groups excluding carboxylic acids is 4.